The standard InChI is InChI=1S/C16H13BrO4S/c1-20-14-7-6-10(8-12(14)17)13(18)9-21-16(19)11-4-2-3-5-15(11)22/h2-8,22H,9H2,1H3. The van der Waals surface area contributed by atoms with Gasteiger partial charge in [-0.15, -0.1) is 12.6 Å². The molecule has 0 saturated heterocycles. The lowest BCUT2D eigenvalue weighted by Gasteiger charge is -2.08. The molecule has 0 atom stereocenters. The van der Waals surface area contributed by atoms with Gasteiger partial charge in [0.25, 0.3) is 0 Å². The maximum Gasteiger partial charge on any atom is 0.339 e. The molecular formula is C16H13BrO4S. The van der Waals surface area contributed by atoms with Gasteiger partial charge in [-0.25, -0.2) is 4.79 Å². The minimum atomic E-state index is -0.577. The van der Waals surface area contributed by atoms with Crippen molar-refractivity contribution in [3.63, 3.8) is 0 Å². The van der Waals surface area contributed by atoms with Crippen LogP contribution in [-0.2, 0) is 4.74 Å². The van der Waals surface area contributed by atoms with E-state index in [9.17, 15) is 9.59 Å². The molecule has 0 unspecified atom stereocenters. The van der Waals surface area contributed by atoms with Crippen LogP contribution in [0.2, 0.25) is 0 Å². The highest BCUT2D eigenvalue weighted by atomic mass is 79.9. The number of carbonyl (C=O) groups is 2. The summed E-state index contributed by atoms with van der Waals surface area (Å²) in [5, 5.41) is 0. The van der Waals surface area contributed by atoms with Crippen molar-refractivity contribution in [3.8, 4) is 5.75 Å². The average molecular weight is 381 g/mol. The van der Waals surface area contributed by atoms with E-state index in [1.165, 1.54) is 7.11 Å². The first-order chi connectivity index (χ1) is 10.5. The number of halogens is 1. The number of methoxy groups -OCH3 is 1. The Morgan fingerprint density at radius 1 is 1.18 bits per heavy atom. The van der Waals surface area contributed by atoms with E-state index >= 15 is 0 Å². The van der Waals surface area contributed by atoms with Crippen LogP contribution in [0.25, 0.3) is 0 Å². The first kappa shape index (κ1) is 16.6. The number of ketones is 1. The number of hydrogen-bond donors (Lipinski definition) is 1. The molecule has 0 radical (unpaired) electrons. The highest BCUT2D eigenvalue weighted by molar-refractivity contribution is 9.10. The van der Waals surface area contributed by atoms with E-state index in [0.29, 0.717) is 26.2 Å². The molecule has 0 amide bonds. The maximum atomic E-state index is 12.1. The summed E-state index contributed by atoms with van der Waals surface area (Å²) in [6.07, 6.45) is 0. The zero-order valence-corrected chi connectivity index (χ0v) is 14.2. The monoisotopic (exact) mass is 380 g/mol. The van der Waals surface area contributed by atoms with Gasteiger partial charge in [0, 0.05) is 10.5 Å². The molecule has 0 fully saturated rings. The SMILES string of the molecule is COc1ccc(C(=O)COC(=O)c2ccccc2S)cc1Br. The number of Topliss-reactive ketones (excluding diaryl/α,β-unsaturated/α-hetero) is 1. The van der Waals surface area contributed by atoms with E-state index in [2.05, 4.69) is 28.6 Å². The smallest absolute Gasteiger partial charge is 0.339 e. The predicted molar refractivity (Wildman–Crippen MR) is 89.0 cm³/mol. The quantitative estimate of drug-likeness (QED) is 0.487. The molecule has 6 heteroatoms. The van der Waals surface area contributed by atoms with Gasteiger partial charge in [-0.05, 0) is 46.3 Å². The topological polar surface area (TPSA) is 52.6 Å². The number of thiol groups is 1. The Balaban J connectivity index is 2.02. The van der Waals surface area contributed by atoms with Crippen LogP contribution in [-0.4, -0.2) is 25.5 Å². The first-order valence-electron chi connectivity index (χ1n) is 6.34. The number of hydrogen-bond acceptors (Lipinski definition) is 5. The molecule has 0 spiro atoms. The van der Waals surface area contributed by atoms with Crippen LogP contribution < -0.4 is 4.74 Å². The molecule has 0 aliphatic heterocycles. The fourth-order valence-corrected chi connectivity index (χ4v) is 2.57. The van der Waals surface area contributed by atoms with Gasteiger partial charge in [-0.2, -0.15) is 0 Å². The Morgan fingerprint density at radius 2 is 1.91 bits per heavy atom. The van der Waals surface area contributed by atoms with Gasteiger partial charge in [0.05, 0.1) is 17.1 Å². The first-order valence-corrected chi connectivity index (χ1v) is 7.59. The third-order valence-electron chi connectivity index (χ3n) is 2.93. The van der Waals surface area contributed by atoms with Gasteiger partial charge in [0.1, 0.15) is 5.75 Å². The van der Waals surface area contributed by atoms with Crippen molar-refractivity contribution >= 4 is 40.3 Å². The molecule has 0 aliphatic carbocycles. The fourth-order valence-electron chi connectivity index (χ4n) is 1.78. The van der Waals surface area contributed by atoms with Gasteiger partial charge in [0.15, 0.2) is 12.4 Å². The largest absolute Gasteiger partial charge is 0.496 e. The summed E-state index contributed by atoms with van der Waals surface area (Å²) in [4.78, 5) is 24.5. The number of rotatable bonds is 5. The fraction of sp³-hybridized carbons (Fsp3) is 0.125. The summed E-state index contributed by atoms with van der Waals surface area (Å²) in [5.41, 5.74) is 0.758. The zero-order valence-electron chi connectivity index (χ0n) is 11.7. The molecular weight excluding hydrogens is 368 g/mol. The van der Waals surface area contributed by atoms with E-state index in [0.717, 1.165) is 0 Å². The van der Waals surface area contributed by atoms with Crippen LogP contribution in [0.4, 0.5) is 0 Å². The lowest BCUT2D eigenvalue weighted by atomic mass is 10.1. The second-order valence-electron chi connectivity index (χ2n) is 4.37. The van der Waals surface area contributed by atoms with Crippen LogP contribution in [0, 0.1) is 0 Å². The second kappa shape index (κ2) is 7.47. The Hall–Kier alpha value is -1.79. The minimum Gasteiger partial charge on any atom is -0.496 e. The van der Waals surface area contributed by atoms with Crippen molar-refractivity contribution in [2.45, 2.75) is 4.90 Å². The number of esters is 1. The van der Waals surface area contributed by atoms with Crippen molar-refractivity contribution in [2.75, 3.05) is 13.7 Å². The highest BCUT2D eigenvalue weighted by Gasteiger charge is 2.14. The molecule has 0 aromatic heterocycles. The van der Waals surface area contributed by atoms with Crippen molar-refractivity contribution in [3.05, 3.63) is 58.1 Å². The Bertz CT molecular complexity index is 715. The van der Waals surface area contributed by atoms with Crippen LogP contribution in [0.3, 0.4) is 0 Å². The van der Waals surface area contributed by atoms with Crippen LogP contribution in [0.1, 0.15) is 20.7 Å². The van der Waals surface area contributed by atoms with E-state index in [1.807, 2.05) is 0 Å². The van der Waals surface area contributed by atoms with Crippen molar-refractivity contribution < 1.29 is 19.1 Å². The summed E-state index contributed by atoms with van der Waals surface area (Å²) in [6, 6.07) is 11.7. The molecule has 2 rings (SSSR count). The Morgan fingerprint density at radius 3 is 2.55 bits per heavy atom. The molecule has 0 aliphatic rings. The lowest BCUT2D eigenvalue weighted by Crippen LogP contribution is -2.14. The minimum absolute atomic E-state index is 0.298. The Kier molecular flexibility index (Phi) is 5.63. The van der Waals surface area contributed by atoms with Gasteiger partial charge in [0.2, 0.25) is 0 Å². The molecule has 2 aromatic rings. The molecule has 22 heavy (non-hydrogen) atoms. The number of ether oxygens (including phenoxy) is 2. The highest BCUT2D eigenvalue weighted by Crippen LogP contribution is 2.25. The number of carbonyl (C=O) groups excluding carboxylic acids is 2. The van der Waals surface area contributed by atoms with Gasteiger partial charge in [-0.3, -0.25) is 4.79 Å². The van der Waals surface area contributed by atoms with Crippen LogP contribution >= 0.6 is 28.6 Å². The van der Waals surface area contributed by atoms with E-state index in [1.54, 1.807) is 42.5 Å². The van der Waals surface area contributed by atoms with E-state index in [-0.39, 0.29) is 12.4 Å². The van der Waals surface area contributed by atoms with Gasteiger partial charge in [-0.1, -0.05) is 12.1 Å². The normalized spacial score (nSPS) is 10.1. The van der Waals surface area contributed by atoms with Crippen LogP contribution in [0.15, 0.2) is 51.8 Å². The average Bonchev–Trinajstić information content (AvgIpc) is 2.52. The summed E-state index contributed by atoms with van der Waals surface area (Å²) < 4.78 is 10.8. The maximum absolute atomic E-state index is 12.1. The summed E-state index contributed by atoms with van der Waals surface area (Å²) in [7, 11) is 1.54. The van der Waals surface area contributed by atoms with Crippen molar-refractivity contribution in [1.29, 1.82) is 0 Å². The van der Waals surface area contributed by atoms with Gasteiger partial charge >= 0.3 is 5.97 Å². The third kappa shape index (κ3) is 3.90. The third-order valence-corrected chi connectivity index (χ3v) is 3.94. The zero-order chi connectivity index (χ0) is 16.1. The van der Waals surface area contributed by atoms with Crippen molar-refractivity contribution in [2.24, 2.45) is 0 Å². The predicted octanol–water partition coefficient (Wildman–Crippen LogP) is 3.79. The lowest BCUT2D eigenvalue weighted by molar-refractivity contribution is 0.0471. The second-order valence-corrected chi connectivity index (χ2v) is 5.70. The summed E-state index contributed by atoms with van der Waals surface area (Å²) in [5.74, 6) is -0.252. The van der Waals surface area contributed by atoms with Crippen molar-refractivity contribution in [1.82, 2.24) is 0 Å². The number of benzene rings is 2. The molecule has 0 heterocycles. The molecule has 0 N–H and O–H groups in total. The molecule has 2 aromatic carbocycles. The van der Waals surface area contributed by atoms with Gasteiger partial charge < -0.3 is 9.47 Å². The van der Waals surface area contributed by atoms with E-state index in [4.69, 9.17) is 9.47 Å². The Labute approximate surface area is 142 Å². The molecule has 4 nitrogen and oxygen atoms in total. The summed E-state index contributed by atoms with van der Waals surface area (Å²) in [6.45, 7) is -0.334. The van der Waals surface area contributed by atoms with E-state index < -0.39 is 5.97 Å². The molecule has 0 bridgehead atoms. The summed E-state index contributed by atoms with van der Waals surface area (Å²) >= 11 is 7.49. The van der Waals surface area contributed by atoms with Crippen LogP contribution in [0.5, 0.6) is 5.75 Å². The molecule has 114 valence electrons. The molecule has 0 saturated carbocycles.